The molecule has 0 aromatic carbocycles. The molecule has 3 N–H and O–H groups in total. The minimum atomic E-state index is -3.74. The van der Waals surface area contributed by atoms with E-state index in [0.717, 1.165) is 61.0 Å². The lowest BCUT2D eigenvalue weighted by atomic mass is 9.47. The van der Waals surface area contributed by atoms with Crippen LogP contribution in [0.1, 0.15) is 111 Å². The molecule has 11 atom stereocenters. The fourth-order valence-electron chi connectivity index (χ4n) is 11.3. The number of ether oxygens (including phenoxy) is 3. The molecule has 1 saturated heterocycles. The summed E-state index contributed by atoms with van der Waals surface area (Å²) in [4.78, 5) is 16.1. The topological polar surface area (TPSA) is 115 Å². The number of alkyl halides is 2. The zero-order valence-electron chi connectivity index (χ0n) is 31.7. The number of aliphatic hydroxyl groups excluding tert-OH is 1. The Labute approximate surface area is 303 Å². The van der Waals surface area contributed by atoms with Crippen molar-refractivity contribution in [2.75, 3.05) is 25.0 Å². The highest BCUT2D eigenvalue weighted by atomic mass is 19.3. The number of anilines is 1. The molecule has 6 unspecified atom stereocenters. The Morgan fingerprint density at radius 3 is 2.63 bits per heavy atom. The van der Waals surface area contributed by atoms with Crippen molar-refractivity contribution in [3.05, 3.63) is 34.4 Å². The third kappa shape index (κ3) is 7.73. The maximum Gasteiger partial charge on any atom is 0.408 e. The zero-order valence-corrected chi connectivity index (χ0v) is 31.7. The van der Waals surface area contributed by atoms with E-state index in [0.29, 0.717) is 16.6 Å². The summed E-state index contributed by atoms with van der Waals surface area (Å²) in [5.41, 5.74) is 1.29. The highest BCUT2D eigenvalue weighted by Crippen LogP contribution is 2.67. The number of hydrogen-bond donors (Lipinski definition) is 3. The van der Waals surface area contributed by atoms with Crippen LogP contribution in [-0.4, -0.2) is 70.8 Å². The fraction of sp³-hybridized carbons (Fsp3) is 0.846. The Hall–Kier alpha value is -1.86. The Balaban J connectivity index is 0.971. The number of hydrogen-bond acceptors (Lipinski definition) is 8. The lowest BCUT2D eigenvalue weighted by Gasteiger charge is -2.58. The van der Waals surface area contributed by atoms with Gasteiger partial charge in [-0.1, -0.05) is 65.5 Å². The molecule has 1 aromatic heterocycles. The van der Waals surface area contributed by atoms with Crippen molar-refractivity contribution in [2.45, 2.75) is 143 Å². The van der Waals surface area contributed by atoms with Crippen LogP contribution in [0.5, 0.6) is 0 Å². The van der Waals surface area contributed by atoms with E-state index in [1.54, 1.807) is 5.57 Å². The quantitative estimate of drug-likeness (QED) is 0.106. The molecule has 12 heteroatoms. The first-order valence-corrected chi connectivity index (χ1v) is 19.8. The molecule has 2 heterocycles. The van der Waals surface area contributed by atoms with E-state index in [2.05, 4.69) is 50.9 Å². The van der Waals surface area contributed by atoms with Gasteiger partial charge in [0.25, 0.3) is 0 Å². The molecule has 0 amide bonds. The smallest absolute Gasteiger partial charge is 0.408 e. The molecule has 51 heavy (non-hydrogen) atoms. The minimum absolute atomic E-state index is 0.0381. The van der Waals surface area contributed by atoms with Gasteiger partial charge in [0.1, 0.15) is 11.9 Å². The largest absolute Gasteiger partial charge is 0.433 e. The first-order chi connectivity index (χ1) is 24.1. The van der Waals surface area contributed by atoms with Gasteiger partial charge in [-0.15, -0.1) is 0 Å². The highest BCUT2D eigenvalue weighted by molar-refractivity contribution is 6.52. The lowest BCUT2D eigenvalue weighted by Crippen LogP contribution is -2.51. The second-order valence-electron chi connectivity index (χ2n) is 17.6. The van der Waals surface area contributed by atoms with Crippen molar-refractivity contribution in [3.63, 3.8) is 0 Å². The third-order valence-electron chi connectivity index (χ3n) is 13.9. The van der Waals surface area contributed by atoms with Gasteiger partial charge in [0, 0.05) is 6.20 Å². The molecule has 5 aliphatic rings. The van der Waals surface area contributed by atoms with Crippen LogP contribution in [0, 0.1) is 46.3 Å². The van der Waals surface area contributed by atoms with E-state index >= 15 is 8.78 Å². The lowest BCUT2D eigenvalue weighted by molar-refractivity contribution is -0.141. The number of aromatic nitrogens is 2. The van der Waals surface area contributed by atoms with Crippen LogP contribution in [0.2, 0.25) is 6.82 Å². The summed E-state index contributed by atoms with van der Waals surface area (Å²) in [5.74, 6) is 1.15. The number of allylic oxidation sites excluding steroid dienone is 1. The predicted octanol–water partition coefficient (Wildman–Crippen LogP) is 7.10. The van der Waals surface area contributed by atoms with Crippen molar-refractivity contribution >= 4 is 12.9 Å². The van der Waals surface area contributed by atoms with E-state index in [1.165, 1.54) is 64.3 Å². The first-order valence-electron chi connectivity index (χ1n) is 19.8. The molecule has 0 bridgehead atoms. The second kappa shape index (κ2) is 15.5. The molecule has 0 radical (unpaired) electrons. The van der Waals surface area contributed by atoms with Gasteiger partial charge in [-0.25, -0.2) is 4.79 Å². The first kappa shape index (κ1) is 38.9. The van der Waals surface area contributed by atoms with Crippen molar-refractivity contribution in [3.8, 4) is 0 Å². The molecular formula is C39H62BF2N3O6. The van der Waals surface area contributed by atoms with E-state index in [-0.39, 0.29) is 30.6 Å². The number of halogens is 2. The molecule has 6 rings (SSSR count). The van der Waals surface area contributed by atoms with Crippen LogP contribution >= 0.6 is 0 Å². The fourth-order valence-corrected chi connectivity index (χ4v) is 11.3. The van der Waals surface area contributed by atoms with E-state index in [1.807, 2.05) is 0 Å². The average Bonchev–Trinajstić information content (AvgIpc) is 3.53. The highest BCUT2D eigenvalue weighted by Gasteiger charge is 2.60. The monoisotopic (exact) mass is 717 g/mol. The van der Waals surface area contributed by atoms with Crippen molar-refractivity contribution in [1.82, 2.24) is 9.55 Å². The van der Waals surface area contributed by atoms with E-state index < -0.39 is 37.1 Å². The number of rotatable bonds is 14. The molecule has 286 valence electrons. The van der Waals surface area contributed by atoms with Gasteiger partial charge in [0.2, 0.25) is 6.23 Å². The van der Waals surface area contributed by atoms with Gasteiger partial charge < -0.3 is 29.6 Å². The molecule has 4 aliphatic carbocycles. The summed E-state index contributed by atoms with van der Waals surface area (Å²) < 4.78 is 48.0. The van der Waals surface area contributed by atoms with E-state index in [4.69, 9.17) is 14.2 Å². The molecule has 1 aromatic rings. The van der Waals surface area contributed by atoms with Gasteiger partial charge in [-0.2, -0.15) is 13.8 Å². The molecule has 0 spiro atoms. The molecule has 4 fully saturated rings. The Morgan fingerprint density at radius 1 is 1.12 bits per heavy atom. The number of nitrogens with one attached hydrogen (secondary N) is 1. The maximum absolute atomic E-state index is 15.0. The van der Waals surface area contributed by atoms with Gasteiger partial charge in [-0.05, 0) is 111 Å². The summed E-state index contributed by atoms with van der Waals surface area (Å²) >= 11 is 0. The Bertz CT molecular complexity index is 1440. The second-order valence-corrected chi connectivity index (χ2v) is 17.6. The van der Waals surface area contributed by atoms with Gasteiger partial charge in [0.15, 0.2) is 6.10 Å². The summed E-state index contributed by atoms with van der Waals surface area (Å²) in [6, 6.07) is 1.28. The Morgan fingerprint density at radius 2 is 1.90 bits per heavy atom. The normalized spacial score (nSPS) is 37.7. The maximum atomic E-state index is 15.0. The van der Waals surface area contributed by atoms with Crippen molar-refractivity contribution in [1.29, 1.82) is 0 Å². The van der Waals surface area contributed by atoms with Crippen LogP contribution in [0.4, 0.5) is 14.6 Å². The summed E-state index contributed by atoms with van der Waals surface area (Å²) in [5, 5.41) is 22.3. The molecular weight excluding hydrogens is 655 g/mol. The SMILES string of the molecule is CB(O)Nc1ccn(C2OC(COCCO[C@@H]3CC[C@]4(C)C(=CCC5C4CC[C@]4(C)C5CC[C@H]4[C@@H](C)CCCC(C)C)C3)C(O)C2(F)F)c(=O)n1. The molecule has 9 nitrogen and oxygen atoms in total. The predicted molar refractivity (Wildman–Crippen MR) is 194 cm³/mol. The van der Waals surface area contributed by atoms with Crippen LogP contribution in [0.25, 0.3) is 0 Å². The standard InChI is InChI=1S/C39H62BF2N3O6/c1-24(2)8-7-9-25(3)29-12-13-30-28-11-10-26-22-27(14-17-37(26,4)31(28)15-18-38(29,30)5)50-21-20-49-23-32-34(46)39(41,42)35(51-32)45-19-16-33(43-36(45)47)44-40(6)48/h10,16,19,24-25,27-32,34-35,46,48H,7-9,11-15,17-18,20-23H2,1-6H3,(H,43,44,47)/t25-,27+,28?,29-,30?,31?,32?,34?,35?,37+,38-/m0/s1. The van der Waals surface area contributed by atoms with Crippen molar-refractivity contribution < 1.29 is 33.1 Å². The summed E-state index contributed by atoms with van der Waals surface area (Å²) in [7, 11) is -0.980. The van der Waals surface area contributed by atoms with Crippen molar-refractivity contribution in [2.24, 2.45) is 46.3 Å². The third-order valence-corrected chi connectivity index (χ3v) is 13.9. The van der Waals surface area contributed by atoms with Gasteiger partial charge in [0.05, 0.1) is 25.9 Å². The average molecular weight is 718 g/mol. The van der Waals surface area contributed by atoms with Crippen LogP contribution < -0.4 is 10.9 Å². The summed E-state index contributed by atoms with van der Waals surface area (Å²) in [6.07, 6.45) is 12.1. The Kier molecular flexibility index (Phi) is 11.8. The van der Waals surface area contributed by atoms with E-state index in [9.17, 15) is 14.9 Å². The van der Waals surface area contributed by atoms with Gasteiger partial charge in [-0.3, -0.25) is 4.57 Å². The molecule has 3 saturated carbocycles. The van der Waals surface area contributed by atoms with Crippen LogP contribution in [0.3, 0.4) is 0 Å². The number of aliphatic hydroxyl groups is 1. The van der Waals surface area contributed by atoms with Crippen LogP contribution in [-0.2, 0) is 14.2 Å². The zero-order chi connectivity index (χ0) is 36.7. The minimum Gasteiger partial charge on any atom is -0.433 e. The van der Waals surface area contributed by atoms with Gasteiger partial charge >= 0.3 is 18.7 Å². The number of nitrogens with zero attached hydrogens (tertiary/aromatic N) is 2. The van der Waals surface area contributed by atoms with Crippen LogP contribution in [0.15, 0.2) is 28.7 Å². The number of fused-ring (bicyclic) bond motifs is 5. The summed E-state index contributed by atoms with van der Waals surface area (Å²) in [6.45, 7) is 14.1. The molecule has 1 aliphatic heterocycles.